The maximum Gasteiger partial charge on any atom is 0.0931 e. The highest BCUT2D eigenvalue weighted by Crippen LogP contribution is 2.33. The van der Waals surface area contributed by atoms with Crippen molar-refractivity contribution in [3.63, 3.8) is 0 Å². The van der Waals surface area contributed by atoms with Gasteiger partial charge in [0.15, 0.2) is 0 Å². The first-order chi connectivity index (χ1) is 8.43. The van der Waals surface area contributed by atoms with Crippen molar-refractivity contribution in [1.29, 1.82) is 0 Å². The molecule has 1 aromatic heterocycles. The summed E-state index contributed by atoms with van der Waals surface area (Å²) in [5, 5.41) is 3.64. The predicted octanol–water partition coefficient (Wildman–Crippen LogP) is 3.92. The Balaban J connectivity index is 2.17. The molecule has 2 heterocycles. The van der Waals surface area contributed by atoms with E-state index < -0.39 is 0 Å². The highest BCUT2D eigenvalue weighted by atomic mass is 35.5. The van der Waals surface area contributed by atoms with E-state index in [0.717, 1.165) is 17.4 Å². The van der Waals surface area contributed by atoms with E-state index in [1.807, 2.05) is 6.07 Å². The lowest BCUT2D eigenvalue weighted by atomic mass is 9.95. The van der Waals surface area contributed by atoms with E-state index in [0.29, 0.717) is 12.1 Å². The molecule has 0 radical (unpaired) electrons. The van der Waals surface area contributed by atoms with Crippen LogP contribution in [0.1, 0.15) is 45.0 Å². The number of hydrogen-bond donors (Lipinski definition) is 1. The molecular weight excluding hydrogens is 264 g/mol. The molecule has 1 aromatic rings. The molecule has 0 amide bonds. The first kappa shape index (κ1) is 14.3. The largest absolute Gasteiger partial charge is 0.309 e. The average molecular weight is 287 g/mol. The minimum absolute atomic E-state index is 0.195. The Kier molecular flexibility index (Phi) is 4.37. The lowest BCUT2D eigenvalue weighted by molar-refractivity contribution is 0.0593. The van der Waals surface area contributed by atoms with Crippen molar-refractivity contribution in [2.24, 2.45) is 0 Å². The normalized spacial score (nSPS) is 26.2. The van der Waals surface area contributed by atoms with Gasteiger partial charge in [-0.25, -0.2) is 0 Å². The second kappa shape index (κ2) is 5.49. The number of hydrogen-bond acceptors (Lipinski definition) is 3. The first-order valence-electron chi connectivity index (χ1n) is 6.69. The summed E-state index contributed by atoms with van der Waals surface area (Å²) in [4.78, 5) is 4.00. The van der Waals surface area contributed by atoms with Gasteiger partial charge in [-0.15, -0.1) is 11.3 Å². The van der Waals surface area contributed by atoms with Crippen molar-refractivity contribution in [3.05, 3.63) is 21.3 Å². The fourth-order valence-electron chi connectivity index (χ4n) is 2.70. The quantitative estimate of drug-likeness (QED) is 0.906. The van der Waals surface area contributed by atoms with Crippen LogP contribution < -0.4 is 5.32 Å². The van der Waals surface area contributed by atoms with Crippen LogP contribution in [0.25, 0.3) is 0 Å². The number of piperazine rings is 1. The summed E-state index contributed by atoms with van der Waals surface area (Å²) in [6.07, 6.45) is 1.19. The second-order valence-corrected chi connectivity index (χ2v) is 7.56. The maximum absolute atomic E-state index is 6.06. The second-order valence-electron chi connectivity index (χ2n) is 5.82. The van der Waals surface area contributed by atoms with Crippen LogP contribution in [0.4, 0.5) is 0 Å². The van der Waals surface area contributed by atoms with Crippen molar-refractivity contribution in [1.82, 2.24) is 10.2 Å². The molecule has 2 unspecified atom stereocenters. The monoisotopic (exact) mass is 286 g/mol. The fourth-order valence-corrected chi connectivity index (χ4v) is 3.83. The van der Waals surface area contributed by atoms with Gasteiger partial charge in [0.2, 0.25) is 0 Å². The number of rotatable bonds is 3. The molecule has 1 aliphatic heterocycles. The Bertz CT molecular complexity index is 402. The van der Waals surface area contributed by atoms with Crippen LogP contribution in [0.2, 0.25) is 4.34 Å². The molecule has 1 fully saturated rings. The Hall–Kier alpha value is -0.0900. The third-order valence-corrected chi connectivity index (χ3v) is 5.24. The van der Waals surface area contributed by atoms with E-state index in [2.05, 4.69) is 44.0 Å². The van der Waals surface area contributed by atoms with Gasteiger partial charge in [0, 0.05) is 35.6 Å². The van der Waals surface area contributed by atoms with Gasteiger partial charge in [-0.2, -0.15) is 0 Å². The molecule has 2 nitrogen and oxygen atoms in total. The average Bonchev–Trinajstić information content (AvgIpc) is 2.74. The van der Waals surface area contributed by atoms with Gasteiger partial charge in [0.1, 0.15) is 0 Å². The van der Waals surface area contributed by atoms with Crippen LogP contribution >= 0.6 is 22.9 Å². The molecule has 4 heteroatoms. The summed E-state index contributed by atoms with van der Waals surface area (Å²) in [5.74, 6) is 0. The maximum atomic E-state index is 6.06. The van der Waals surface area contributed by atoms with Gasteiger partial charge in [0.05, 0.1) is 4.34 Å². The number of halogens is 1. The van der Waals surface area contributed by atoms with Crippen molar-refractivity contribution in [2.75, 3.05) is 13.1 Å². The van der Waals surface area contributed by atoms with E-state index >= 15 is 0 Å². The Morgan fingerprint density at radius 3 is 2.83 bits per heavy atom. The number of nitrogens with zero attached hydrogens (tertiary/aromatic N) is 1. The molecule has 102 valence electrons. The van der Waals surface area contributed by atoms with E-state index in [1.165, 1.54) is 11.3 Å². The zero-order valence-electron chi connectivity index (χ0n) is 11.7. The molecule has 0 aromatic carbocycles. The number of nitrogens with one attached hydrogen (secondary N) is 1. The van der Waals surface area contributed by atoms with Crippen molar-refractivity contribution >= 4 is 22.9 Å². The van der Waals surface area contributed by atoms with Gasteiger partial charge in [-0.3, -0.25) is 4.90 Å². The van der Waals surface area contributed by atoms with Crippen molar-refractivity contribution in [3.8, 4) is 0 Å². The summed E-state index contributed by atoms with van der Waals surface area (Å²) in [5.41, 5.74) is 0.195. The molecule has 1 saturated heterocycles. The van der Waals surface area contributed by atoms with Crippen molar-refractivity contribution < 1.29 is 0 Å². The summed E-state index contributed by atoms with van der Waals surface area (Å²) < 4.78 is 0.888. The van der Waals surface area contributed by atoms with Crippen LogP contribution in [-0.2, 0) is 0 Å². The summed E-state index contributed by atoms with van der Waals surface area (Å²) in [7, 11) is 0. The third kappa shape index (κ3) is 3.08. The lowest BCUT2D eigenvalue weighted by Crippen LogP contribution is -2.61. The smallest absolute Gasteiger partial charge is 0.0931 e. The molecule has 2 rings (SSSR count). The molecule has 0 spiro atoms. The zero-order valence-corrected chi connectivity index (χ0v) is 13.2. The Morgan fingerprint density at radius 1 is 1.56 bits per heavy atom. The molecule has 1 N–H and O–H groups in total. The minimum Gasteiger partial charge on any atom is -0.309 e. The molecule has 0 bridgehead atoms. The molecule has 1 aliphatic rings. The van der Waals surface area contributed by atoms with Gasteiger partial charge in [-0.05, 0) is 39.3 Å². The Labute approximate surface area is 119 Å². The van der Waals surface area contributed by atoms with Crippen LogP contribution in [0, 0.1) is 0 Å². The molecular formula is C14H23ClN2S. The fraction of sp³-hybridized carbons (Fsp3) is 0.714. The summed E-state index contributed by atoms with van der Waals surface area (Å²) >= 11 is 7.76. The van der Waals surface area contributed by atoms with Gasteiger partial charge < -0.3 is 5.32 Å². The topological polar surface area (TPSA) is 15.3 Å². The van der Waals surface area contributed by atoms with E-state index in [9.17, 15) is 0 Å². The third-order valence-electron chi connectivity index (χ3n) is 3.84. The molecule has 2 atom stereocenters. The van der Waals surface area contributed by atoms with E-state index in [1.54, 1.807) is 11.3 Å². The van der Waals surface area contributed by atoms with Crippen molar-refractivity contribution in [2.45, 2.75) is 51.7 Å². The predicted molar refractivity (Wildman–Crippen MR) is 80.6 cm³/mol. The van der Waals surface area contributed by atoms with Crippen LogP contribution in [-0.4, -0.2) is 29.6 Å². The molecule has 0 aliphatic carbocycles. The van der Waals surface area contributed by atoms with Crippen LogP contribution in [0.5, 0.6) is 0 Å². The van der Waals surface area contributed by atoms with E-state index in [-0.39, 0.29) is 5.54 Å². The molecule has 0 saturated carbocycles. The highest BCUT2D eigenvalue weighted by Gasteiger charge is 2.34. The summed E-state index contributed by atoms with van der Waals surface area (Å²) in [6.45, 7) is 11.3. The van der Waals surface area contributed by atoms with E-state index in [4.69, 9.17) is 11.6 Å². The minimum atomic E-state index is 0.195. The van der Waals surface area contributed by atoms with Gasteiger partial charge >= 0.3 is 0 Å². The molecule has 18 heavy (non-hydrogen) atoms. The highest BCUT2D eigenvalue weighted by molar-refractivity contribution is 7.16. The Morgan fingerprint density at radius 2 is 2.28 bits per heavy atom. The van der Waals surface area contributed by atoms with Gasteiger partial charge in [0.25, 0.3) is 0 Å². The summed E-state index contributed by atoms with van der Waals surface area (Å²) in [6, 6.07) is 5.24. The van der Waals surface area contributed by atoms with Gasteiger partial charge in [-0.1, -0.05) is 18.5 Å². The standard InChI is InChI=1S/C14H23ClN2S/c1-5-11-8-16-14(3,4)9-17(11)10(2)12-6-7-13(15)18-12/h6-7,10-11,16H,5,8-9H2,1-4H3. The number of thiophene rings is 1. The first-order valence-corrected chi connectivity index (χ1v) is 7.88. The zero-order chi connectivity index (χ0) is 13.3. The van der Waals surface area contributed by atoms with Crippen LogP contribution in [0.3, 0.4) is 0 Å². The SMILES string of the molecule is CCC1CNC(C)(C)CN1C(C)c1ccc(Cl)s1. The lowest BCUT2D eigenvalue weighted by Gasteiger charge is -2.47. The van der Waals surface area contributed by atoms with Crippen LogP contribution in [0.15, 0.2) is 12.1 Å².